The minimum atomic E-state index is -3.51. The fraction of sp³-hybridized carbons (Fsp3) is 0.200. The van der Waals surface area contributed by atoms with Crippen LogP contribution in [-0.4, -0.2) is 34.8 Å². The Kier molecular flexibility index (Phi) is 6.14. The van der Waals surface area contributed by atoms with Gasteiger partial charge in [-0.2, -0.15) is 5.26 Å². The Balaban J connectivity index is 1.88. The van der Waals surface area contributed by atoms with Gasteiger partial charge in [-0.25, -0.2) is 8.42 Å². The van der Waals surface area contributed by atoms with E-state index in [1.54, 1.807) is 0 Å². The van der Waals surface area contributed by atoms with E-state index in [9.17, 15) is 18.5 Å². The summed E-state index contributed by atoms with van der Waals surface area (Å²) in [7, 11) is -3.51. The van der Waals surface area contributed by atoms with Gasteiger partial charge in [-0.1, -0.05) is 36.5 Å². The van der Waals surface area contributed by atoms with Crippen molar-refractivity contribution in [2.24, 2.45) is 0 Å². The molecule has 1 N–H and O–H groups in total. The fourth-order valence-electron chi connectivity index (χ4n) is 2.89. The number of aryl methyl sites for hydroxylation is 1. The molecule has 1 amide bonds. The number of rotatable bonds is 6. The highest BCUT2D eigenvalue weighted by molar-refractivity contribution is 7.93. The summed E-state index contributed by atoms with van der Waals surface area (Å²) in [6.45, 7) is 5.35. The third-order valence-corrected chi connectivity index (χ3v) is 7.44. The van der Waals surface area contributed by atoms with Crippen LogP contribution in [0.5, 0.6) is 0 Å². The van der Waals surface area contributed by atoms with Gasteiger partial charge < -0.3 is 4.57 Å². The van der Waals surface area contributed by atoms with Crippen molar-refractivity contribution in [1.82, 2.24) is 14.8 Å². The van der Waals surface area contributed by atoms with Crippen molar-refractivity contribution in [3.05, 3.63) is 58.9 Å². The van der Waals surface area contributed by atoms with Crippen LogP contribution in [0.25, 0.3) is 11.8 Å². The Labute approximate surface area is 178 Å². The molecule has 3 aromatic rings. The third kappa shape index (κ3) is 4.32. The Bertz CT molecular complexity index is 1270. The summed E-state index contributed by atoms with van der Waals surface area (Å²) in [5, 5.41) is 19.2. The van der Waals surface area contributed by atoms with E-state index in [0.717, 1.165) is 34.0 Å². The number of amides is 1. The lowest BCUT2D eigenvalue weighted by Gasteiger charge is -2.09. The second kappa shape index (κ2) is 8.61. The average Bonchev–Trinajstić information content (AvgIpc) is 3.31. The van der Waals surface area contributed by atoms with E-state index in [0.29, 0.717) is 0 Å². The van der Waals surface area contributed by atoms with E-state index in [4.69, 9.17) is 0 Å². The average molecular weight is 442 g/mol. The first-order chi connectivity index (χ1) is 14.3. The lowest BCUT2D eigenvalue weighted by atomic mass is 10.1. The van der Waals surface area contributed by atoms with Gasteiger partial charge in [-0.05, 0) is 43.7 Å². The topological polar surface area (TPSA) is 118 Å². The Morgan fingerprint density at radius 1 is 1.27 bits per heavy atom. The molecule has 0 bridgehead atoms. The standard InChI is InChI=1S/C20H19N5O3S2/c1-4-30(27,28)20-24-23-19(29-20)22-18(26)16(12-21)11-15-10-13(2)25(14(15)3)17-8-6-5-7-9-17/h5-11H,4H2,1-3H3,(H,22,23,26)/b16-11-. The molecule has 30 heavy (non-hydrogen) atoms. The van der Waals surface area contributed by atoms with Crippen LogP contribution >= 0.6 is 11.3 Å². The molecule has 0 fully saturated rings. The Morgan fingerprint density at radius 2 is 1.97 bits per heavy atom. The maximum absolute atomic E-state index is 12.5. The molecule has 0 saturated heterocycles. The highest BCUT2D eigenvalue weighted by Gasteiger charge is 2.20. The van der Waals surface area contributed by atoms with Crippen molar-refractivity contribution in [1.29, 1.82) is 5.26 Å². The number of benzene rings is 1. The van der Waals surface area contributed by atoms with Crippen LogP contribution in [0.15, 0.2) is 46.3 Å². The molecule has 0 aliphatic carbocycles. The highest BCUT2D eigenvalue weighted by atomic mass is 32.2. The number of sulfone groups is 1. The van der Waals surface area contributed by atoms with Crippen molar-refractivity contribution in [2.75, 3.05) is 11.1 Å². The smallest absolute Gasteiger partial charge is 0.268 e. The quantitative estimate of drug-likeness (QED) is 0.356. The first-order valence-corrected chi connectivity index (χ1v) is 11.5. The van der Waals surface area contributed by atoms with E-state index in [1.807, 2.05) is 60.9 Å². The van der Waals surface area contributed by atoms with Gasteiger partial charge in [-0.3, -0.25) is 10.1 Å². The van der Waals surface area contributed by atoms with Gasteiger partial charge in [0.2, 0.25) is 19.3 Å². The highest BCUT2D eigenvalue weighted by Crippen LogP contribution is 2.24. The van der Waals surface area contributed by atoms with Gasteiger partial charge in [-0.15, -0.1) is 10.2 Å². The molecule has 0 spiro atoms. The third-order valence-electron chi connectivity index (χ3n) is 4.42. The summed E-state index contributed by atoms with van der Waals surface area (Å²) in [5.41, 5.74) is 3.43. The maximum Gasteiger partial charge on any atom is 0.268 e. The van der Waals surface area contributed by atoms with Crippen LogP contribution in [-0.2, 0) is 14.6 Å². The van der Waals surface area contributed by atoms with Crippen LogP contribution in [0, 0.1) is 25.2 Å². The molecule has 0 saturated carbocycles. The van der Waals surface area contributed by atoms with Gasteiger partial charge in [0.05, 0.1) is 5.75 Å². The summed E-state index contributed by atoms with van der Waals surface area (Å²) in [4.78, 5) is 12.5. The monoisotopic (exact) mass is 441 g/mol. The number of aromatic nitrogens is 3. The van der Waals surface area contributed by atoms with E-state index in [2.05, 4.69) is 15.5 Å². The normalized spacial score (nSPS) is 11.9. The van der Waals surface area contributed by atoms with Gasteiger partial charge >= 0.3 is 0 Å². The molecule has 0 atom stereocenters. The van der Waals surface area contributed by atoms with Gasteiger partial charge in [0.15, 0.2) is 0 Å². The second-order valence-corrected chi connectivity index (χ2v) is 9.83. The van der Waals surface area contributed by atoms with Gasteiger partial charge in [0, 0.05) is 17.1 Å². The summed E-state index contributed by atoms with van der Waals surface area (Å²) in [6, 6.07) is 13.5. The molecular formula is C20H19N5O3S2. The zero-order chi connectivity index (χ0) is 21.9. The van der Waals surface area contributed by atoms with Gasteiger partial charge in [0.25, 0.3) is 5.91 Å². The van der Waals surface area contributed by atoms with E-state index < -0.39 is 15.7 Å². The molecule has 2 aromatic heterocycles. The van der Waals surface area contributed by atoms with Crippen molar-refractivity contribution in [3.63, 3.8) is 0 Å². The summed E-state index contributed by atoms with van der Waals surface area (Å²) >= 11 is 0.751. The van der Waals surface area contributed by atoms with Gasteiger partial charge in [0.1, 0.15) is 11.6 Å². The number of carbonyl (C=O) groups excluding carboxylic acids is 1. The number of nitrogens with zero attached hydrogens (tertiary/aromatic N) is 4. The molecule has 2 heterocycles. The second-order valence-electron chi connectivity index (χ2n) is 6.40. The largest absolute Gasteiger partial charge is 0.318 e. The summed E-state index contributed by atoms with van der Waals surface area (Å²) < 4.78 is 25.6. The van der Waals surface area contributed by atoms with Crippen LogP contribution in [0.3, 0.4) is 0 Å². The molecule has 3 rings (SSSR count). The molecule has 0 radical (unpaired) electrons. The van der Waals surface area contributed by atoms with E-state index in [1.165, 1.54) is 13.0 Å². The fourth-order valence-corrected chi connectivity index (χ4v) is 4.87. The lowest BCUT2D eigenvalue weighted by Crippen LogP contribution is -2.13. The first kappa shape index (κ1) is 21.4. The molecule has 0 unspecified atom stereocenters. The van der Waals surface area contributed by atoms with Crippen LogP contribution < -0.4 is 5.32 Å². The van der Waals surface area contributed by atoms with Crippen molar-refractivity contribution in [3.8, 4) is 11.8 Å². The first-order valence-electron chi connectivity index (χ1n) is 9.00. The van der Waals surface area contributed by atoms with Crippen molar-refractivity contribution < 1.29 is 13.2 Å². The Morgan fingerprint density at radius 3 is 2.60 bits per heavy atom. The van der Waals surface area contributed by atoms with Crippen LogP contribution in [0.4, 0.5) is 5.13 Å². The predicted molar refractivity (Wildman–Crippen MR) is 115 cm³/mol. The number of carbonyl (C=O) groups is 1. The number of hydrogen-bond acceptors (Lipinski definition) is 7. The van der Waals surface area contributed by atoms with Crippen molar-refractivity contribution in [2.45, 2.75) is 25.1 Å². The number of nitrogens with one attached hydrogen (secondary N) is 1. The Hall–Kier alpha value is -3.29. The molecule has 8 nitrogen and oxygen atoms in total. The van der Waals surface area contributed by atoms with E-state index >= 15 is 0 Å². The van der Waals surface area contributed by atoms with Crippen LogP contribution in [0.2, 0.25) is 0 Å². The zero-order valence-electron chi connectivity index (χ0n) is 16.6. The molecule has 1 aromatic carbocycles. The number of nitriles is 1. The number of para-hydroxylation sites is 1. The van der Waals surface area contributed by atoms with E-state index in [-0.39, 0.29) is 20.8 Å². The zero-order valence-corrected chi connectivity index (χ0v) is 18.2. The molecule has 154 valence electrons. The molecule has 0 aliphatic heterocycles. The van der Waals surface area contributed by atoms with Crippen LogP contribution in [0.1, 0.15) is 23.9 Å². The summed E-state index contributed by atoms with van der Waals surface area (Å²) in [6.07, 6.45) is 1.50. The number of hydrogen-bond donors (Lipinski definition) is 1. The molecule has 0 aliphatic rings. The number of anilines is 1. The summed E-state index contributed by atoms with van der Waals surface area (Å²) in [5.74, 6) is -0.797. The SMILES string of the molecule is CCS(=O)(=O)c1nnc(NC(=O)/C(C#N)=C\c2cc(C)n(-c3ccccc3)c2C)s1. The van der Waals surface area contributed by atoms with Crippen molar-refractivity contribution >= 4 is 38.3 Å². The lowest BCUT2D eigenvalue weighted by molar-refractivity contribution is -0.112. The minimum absolute atomic E-state index is 0.0166. The maximum atomic E-state index is 12.5. The molecule has 10 heteroatoms. The minimum Gasteiger partial charge on any atom is -0.318 e. The predicted octanol–water partition coefficient (Wildman–Crippen LogP) is 3.28. The molecular weight excluding hydrogens is 422 g/mol.